The summed E-state index contributed by atoms with van der Waals surface area (Å²) in [4.78, 5) is 0. The van der Waals surface area contributed by atoms with Gasteiger partial charge in [0.2, 0.25) is 0 Å². The van der Waals surface area contributed by atoms with Crippen LogP contribution in [0.3, 0.4) is 0 Å². The van der Waals surface area contributed by atoms with Gasteiger partial charge in [0.1, 0.15) is 6.10 Å². The van der Waals surface area contributed by atoms with Gasteiger partial charge < -0.3 is 14.3 Å². The molecule has 2 atom stereocenters. The van der Waals surface area contributed by atoms with Crippen molar-refractivity contribution in [2.24, 2.45) is 5.41 Å². The number of aliphatic hydroxyl groups is 1. The van der Waals surface area contributed by atoms with Crippen LogP contribution >= 0.6 is 0 Å². The predicted octanol–water partition coefficient (Wildman–Crippen LogP) is 4.73. The molecule has 2 unspecified atom stereocenters. The van der Waals surface area contributed by atoms with Gasteiger partial charge in [-0.25, -0.2) is 0 Å². The minimum absolute atomic E-state index is 0.220. The van der Waals surface area contributed by atoms with E-state index in [1.54, 1.807) is 0 Å². The van der Waals surface area contributed by atoms with Gasteiger partial charge in [0.25, 0.3) is 14.1 Å². The number of hydrogen-bond donors (Lipinski definition) is 1. The first-order valence-corrected chi connectivity index (χ1v) is 13.7. The molecule has 0 amide bonds. The molecule has 1 saturated heterocycles. The summed E-state index contributed by atoms with van der Waals surface area (Å²) in [5.74, 6) is 4.43. The number of rotatable bonds is 4. The quantitative estimate of drug-likeness (QED) is 0.443. The summed E-state index contributed by atoms with van der Waals surface area (Å²) in [6.45, 7) is 11.2. The lowest BCUT2D eigenvalue weighted by Gasteiger charge is -2.47. The van der Waals surface area contributed by atoms with E-state index >= 15 is 0 Å². The standard InChI is InChI=1S/C30H34O3Si/c1-28(2,3)34(25-17-11-7-12-18-25,26-19-13-8-14-20-26)33-27-29(4,5)23-32-30(27,31)22-21-24-15-9-6-10-16-24/h6-20,27,31H,23H2,1-5H3. The lowest BCUT2D eigenvalue weighted by atomic mass is 9.86. The largest absolute Gasteiger partial charge is 0.397 e. The van der Waals surface area contributed by atoms with E-state index < -0.39 is 25.6 Å². The summed E-state index contributed by atoms with van der Waals surface area (Å²) in [5.41, 5.74) is 0.390. The lowest BCUT2D eigenvalue weighted by Crippen LogP contribution is -2.70. The second kappa shape index (κ2) is 9.17. The molecule has 0 spiro atoms. The van der Waals surface area contributed by atoms with E-state index in [-0.39, 0.29) is 5.04 Å². The van der Waals surface area contributed by atoms with E-state index in [0.29, 0.717) is 6.61 Å². The van der Waals surface area contributed by atoms with Crippen molar-refractivity contribution >= 4 is 18.7 Å². The summed E-state index contributed by atoms with van der Waals surface area (Å²) < 4.78 is 13.3. The minimum Gasteiger partial charge on any atom is -0.397 e. The maximum Gasteiger partial charge on any atom is 0.261 e. The normalized spacial score (nSPS) is 22.1. The molecule has 3 nitrogen and oxygen atoms in total. The first kappa shape index (κ1) is 24.4. The van der Waals surface area contributed by atoms with E-state index in [1.165, 1.54) is 0 Å². The predicted molar refractivity (Wildman–Crippen MR) is 140 cm³/mol. The van der Waals surface area contributed by atoms with E-state index in [1.807, 2.05) is 42.5 Å². The third-order valence-electron chi connectivity index (χ3n) is 6.60. The lowest BCUT2D eigenvalue weighted by molar-refractivity contribution is -0.166. The first-order valence-electron chi connectivity index (χ1n) is 11.8. The maximum atomic E-state index is 11.8. The first-order chi connectivity index (χ1) is 16.1. The van der Waals surface area contributed by atoms with Gasteiger partial charge in [-0.1, -0.05) is 119 Å². The molecular formula is C30H34O3Si. The van der Waals surface area contributed by atoms with Gasteiger partial charge in [-0.3, -0.25) is 0 Å². The third-order valence-corrected chi connectivity index (χ3v) is 11.6. The van der Waals surface area contributed by atoms with Crippen LogP contribution < -0.4 is 10.4 Å². The Kier molecular flexibility index (Phi) is 6.59. The van der Waals surface area contributed by atoms with Gasteiger partial charge in [0.05, 0.1) is 6.61 Å². The molecular weight excluding hydrogens is 436 g/mol. The topological polar surface area (TPSA) is 38.7 Å². The number of benzene rings is 3. The van der Waals surface area contributed by atoms with Crippen LogP contribution in [0.2, 0.25) is 5.04 Å². The smallest absolute Gasteiger partial charge is 0.261 e. The van der Waals surface area contributed by atoms with Crippen molar-refractivity contribution in [2.75, 3.05) is 6.61 Å². The molecule has 3 aromatic carbocycles. The van der Waals surface area contributed by atoms with Gasteiger partial charge in [0, 0.05) is 11.0 Å². The van der Waals surface area contributed by atoms with Crippen LogP contribution in [-0.2, 0) is 9.16 Å². The molecule has 3 aromatic rings. The highest BCUT2D eigenvalue weighted by Gasteiger charge is 2.60. The zero-order valence-electron chi connectivity index (χ0n) is 20.7. The molecule has 1 aliphatic heterocycles. The molecule has 4 heteroatoms. The van der Waals surface area contributed by atoms with Crippen molar-refractivity contribution in [1.82, 2.24) is 0 Å². The van der Waals surface area contributed by atoms with E-state index in [4.69, 9.17) is 9.16 Å². The summed E-state index contributed by atoms with van der Waals surface area (Å²) >= 11 is 0. The fourth-order valence-electron chi connectivity index (χ4n) is 4.87. The van der Waals surface area contributed by atoms with Crippen LogP contribution in [0.25, 0.3) is 0 Å². The number of hydrogen-bond acceptors (Lipinski definition) is 3. The van der Waals surface area contributed by atoms with Crippen LogP contribution in [-0.4, -0.2) is 31.9 Å². The Labute approximate surface area is 204 Å². The summed E-state index contributed by atoms with van der Waals surface area (Å²) in [6, 6.07) is 30.6. The van der Waals surface area contributed by atoms with Crippen molar-refractivity contribution in [3.8, 4) is 11.8 Å². The Bertz CT molecular complexity index is 1120. The van der Waals surface area contributed by atoms with Crippen molar-refractivity contribution < 1.29 is 14.3 Å². The highest BCUT2D eigenvalue weighted by atomic mass is 28.4. The molecule has 1 heterocycles. The Morgan fingerprint density at radius 2 is 1.32 bits per heavy atom. The van der Waals surface area contributed by atoms with Gasteiger partial charge in [-0.05, 0) is 33.5 Å². The Hall–Kier alpha value is -2.68. The molecule has 0 radical (unpaired) electrons. The van der Waals surface area contributed by atoms with Crippen molar-refractivity contribution in [3.05, 3.63) is 96.6 Å². The summed E-state index contributed by atoms with van der Waals surface area (Å²) in [5, 5.41) is 13.9. The third kappa shape index (κ3) is 4.49. The van der Waals surface area contributed by atoms with Gasteiger partial charge in [-0.15, -0.1) is 0 Å². The molecule has 1 aliphatic rings. The minimum atomic E-state index is -2.91. The SMILES string of the molecule is CC1(C)COC(O)(C#Cc2ccccc2)C1O[Si](c1ccccc1)(c1ccccc1)C(C)(C)C. The number of ether oxygens (including phenoxy) is 1. The van der Waals surface area contributed by atoms with Crippen molar-refractivity contribution in [2.45, 2.75) is 51.5 Å². The average molecular weight is 471 g/mol. The van der Waals surface area contributed by atoms with Crippen LogP contribution in [0.15, 0.2) is 91.0 Å². The maximum absolute atomic E-state index is 11.8. The summed E-state index contributed by atoms with van der Waals surface area (Å²) in [6.07, 6.45) is -0.637. The van der Waals surface area contributed by atoms with Gasteiger partial charge in [0.15, 0.2) is 0 Å². The second-order valence-corrected chi connectivity index (χ2v) is 15.0. The highest BCUT2D eigenvalue weighted by Crippen LogP contribution is 2.45. The highest BCUT2D eigenvalue weighted by molar-refractivity contribution is 6.99. The molecule has 0 aromatic heterocycles. The zero-order valence-corrected chi connectivity index (χ0v) is 21.7. The second-order valence-electron chi connectivity index (χ2n) is 10.8. The Morgan fingerprint density at radius 3 is 1.79 bits per heavy atom. The van der Waals surface area contributed by atoms with E-state index in [9.17, 15) is 5.11 Å². The molecule has 176 valence electrons. The molecule has 4 rings (SSSR count). The molecule has 0 saturated carbocycles. The van der Waals surface area contributed by atoms with Gasteiger partial charge >= 0.3 is 0 Å². The molecule has 1 fully saturated rings. The van der Waals surface area contributed by atoms with Crippen LogP contribution in [0.1, 0.15) is 40.2 Å². The molecule has 34 heavy (non-hydrogen) atoms. The van der Waals surface area contributed by atoms with Crippen LogP contribution in [0.5, 0.6) is 0 Å². The molecule has 1 N–H and O–H groups in total. The Balaban J connectivity index is 1.88. The van der Waals surface area contributed by atoms with E-state index in [0.717, 1.165) is 15.9 Å². The van der Waals surface area contributed by atoms with E-state index in [2.05, 4.69) is 95.0 Å². The van der Waals surface area contributed by atoms with Crippen molar-refractivity contribution in [3.63, 3.8) is 0 Å². The monoisotopic (exact) mass is 470 g/mol. The summed E-state index contributed by atoms with van der Waals surface area (Å²) in [7, 11) is -2.91. The fourth-order valence-corrected chi connectivity index (χ4v) is 9.72. The van der Waals surface area contributed by atoms with Crippen molar-refractivity contribution in [1.29, 1.82) is 0 Å². The molecule has 0 bridgehead atoms. The fraction of sp³-hybridized carbons (Fsp3) is 0.333. The molecule has 0 aliphatic carbocycles. The Morgan fingerprint density at radius 1 is 0.853 bits per heavy atom. The van der Waals surface area contributed by atoms with Gasteiger partial charge in [-0.2, -0.15) is 0 Å². The average Bonchev–Trinajstić information content (AvgIpc) is 3.06. The van der Waals surface area contributed by atoms with Crippen LogP contribution in [0, 0.1) is 17.3 Å². The van der Waals surface area contributed by atoms with Crippen LogP contribution in [0.4, 0.5) is 0 Å². The zero-order chi connectivity index (χ0) is 24.5.